The Morgan fingerprint density at radius 2 is 1.85 bits per heavy atom. The lowest BCUT2D eigenvalue weighted by molar-refractivity contribution is 0.0361. The molecule has 5 rings (SSSR count). The van der Waals surface area contributed by atoms with E-state index in [9.17, 15) is 14.0 Å². The van der Waals surface area contributed by atoms with Crippen molar-refractivity contribution in [2.45, 2.75) is 32.6 Å². The number of rotatable bonds is 2. The van der Waals surface area contributed by atoms with E-state index in [0.29, 0.717) is 49.9 Å². The van der Waals surface area contributed by atoms with Crippen LogP contribution in [0.2, 0.25) is 0 Å². The maximum Gasteiger partial charge on any atom is 0.272 e. The minimum atomic E-state index is -0.467. The average Bonchev–Trinajstić information content (AvgIpc) is 2.96. The van der Waals surface area contributed by atoms with Crippen molar-refractivity contribution < 1.29 is 18.7 Å². The first kappa shape index (κ1) is 26.5. The van der Waals surface area contributed by atoms with Crippen LogP contribution in [-0.4, -0.2) is 71.0 Å². The molecule has 10 heteroatoms. The molecule has 1 N–H and O–H groups in total. The number of halogens is 1. The number of aryl methyl sites for hydroxylation is 1. The Bertz CT molecular complexity index is 1310. The van der Waals surface area contributed by atoms with Crippen molar-refractivity contribution in [3.63, 3.8) is 0 Å². The number of hydrogen-bond acceptors (Lipinski definition) is 7. The molecule has 204 valence electrons. The number of anilines is 1. The zero-order valence-corrected chi connectivity index (χ0v) is 22.1. The van der Waals surface area contributed by atoms with E-state index in [1.807, 2.05) is 31.2 Å². The molecule has 0 aliphatic carbocycles. The minimum Gasteiger partial charge on any atom is -0.492 e. The topological polar surface area (TPSA) is 101 Å². The lowest BCUT2D eigenvalue weighted by Gasteiger charge is -2.42. The maximum absolute atomic E-state index is 13.3. The highest BCUT2D eigenvalue weighted by Gasteiger charge is 2.37. The predicted octanol–water partition coefficient (Wildman–Crippen LogP) is 3.65. The molecule has 1 fully saturated rings. The molecule has 2 aromatic heterocycles. The van der Waals surface area contributed by atoms with Crippen molar-refractivity contribution in [3.05, 3.63) is 77.8 Å². The summed E-state index contributed by atoms with van der Waals surface area (Å²) in [7, 11) is 0. The molecule has 1 spiro atoms. The maximum atomic E-state index is 13.3. The molecule has 2 aliphatic heterocycles. The molecule has 0 atom stereocenters. The molecule has 1 aromatic carbocycles. The number of ether oxygens (including phenoxy) is 1. The van der Waals surface area contributed by atoms with Gasteiger partial charge in [-0.2, -0.15) is 0 Å². The van der Waals surface area contributed by atoms with Gasteiger partial charge >= 0.3 is 0 Å². The van der Waals surface area contributed by atoms with Gasteiger partial charge in [-0.3, -0.25) is 9.59 Å². The summed E-state index contributed by atoms with van der Waals surface area (Å²) >= 11 is 0. The SMILES string of the molecule is Cc1nccc(N2CCCC3(CCN(C(=O)c4ccc(F)cn4)CC3)COc3ccccc3C(=O)NCC2)n1. The predicted molar refractivity (Wildman–Crippen MR) is 144 cm³/mol. The number of fused-ring (bicyclic) bond motifs is 1. The summed E-state index contributed by atoms with van der Waals surface area (Å²) in [5.41, 5.74) is 0.582. The molecule has 3 aromatic rings. The van der Waals surface area contributed by atoms with E-state index < -0.39 is 5.82 Å². The number of para-hydroxylation sites is 1. The first-order chi connectivity index (χ1) is 18.9. The Hall–Kier alpha value is -4.08. The number of piperidine rings is 1. The summed E-state index contributed by atoms with van der Waals surface area (Å²) in [6.45, 7) is 5.27. The first-order valence-corrected chi connectivity index (χ1v) is 13.4. The van der Waals surface area contributed by atoms with E-state index in [4.69, 9.17) is 4.74 Å². The molecule has 4 heterocycles. The van der Waals surface area contributed by atoms with Crippen molar-refractivity contribution in [1.29, 1.82) is 0 Å². The van der Waals surface area contributed by atoms with E-state index in [0.717, 1.165) is 44.2 Å². The zero-order chi connectivity index (χ0) is 27.2. The van der Waals surface area contributed by atoms with Gasteiger partial charge in [-0.15, -0.1) is 0 Å². The Morgan fingerprint density at radius 3 is 2.62 bits per heavy atom. The number of benzene rings is 1. The molecular weight excluding hydrogens is 499 g/mol. The average molecular weight is 533 g/mol. The highest BCUT2D eigenvalue weighted by Crippen LogP contribution is 2.38. The van der Waals surface area contributed by atoms with Crippen molar-refractivity contribution in [1.82, 2.24) is 25.2 Å². The fourth-order valence-electron chi connectivity index (χ4n) is 5.33. The summed E-state index contributed by atoms with van der Waals surface area (Å²) in [4.78, 5) is 42.8. The molecule has 0 saturated carbocycles. The summed E-state index contributed by atoms with van der Waals surface area (Å²) in [6, 6.07) is 11.9. The first-order valence-electron chi connectivity index (χ1n) is 13.4. The largest absolute Gasteiger partial charge is 0.492 e. The second-order valence-corrected chi connectivity index (χ2v) is 10.2. The number of aromatic nitrogens is 3. The second-order valence-electron chi connectivity index (χ2n) is 10.2. The molecule has 2 amide bonds. The lowest BCUT2D eigenvalue weighted by Crippen LogP contribution is -2.46. The number of carbonyl (C=O) groups excluding carboxylic acids is 2. The van der Waals surface area contributed by atoms with Gasteiger partial charge in [0.25, 0.3) is 11.8 Å². The van der Waals surface area contributed by atoms with Gasteiger partial charge in [0.15, 0.2) is 0 Å². The summed E-state index contributed by atoms with van der Waals surface area (Å²) in [5, 5.41) is 3.02. The fourth-order valence-corrected chi connectivity index (χ4v) is 5.33. The Morgan fingerprint density at radius 1 is 1.03 bits per heavy atom. The molecule has 9 nitrogen and oxygen atoms in total. The fraction of sp³-hybridized carbons (Fsp3) is 0.414. The van der Waals surface area contributed by atoms with Crippen LogP contribution in [0.15, 0.2) is 54.9 Å². The van der Waals surface area contributed by atoms with Crippen LogP contribution in [0.3, 0.4) is 0 Å². The van der Waals surface area contributed by atoms with Crippen LogP contribution in [0, 0.1) is 18.2 Å². The number of hydrogen-bond donors (Lipinski definition) is 1. The summed E-state index contributed by atoms with van der Waals surface area (Å²) in [6.07, 6.45) is 6.12. The Kier molecular flexibility index (Phi) is 7.99. The van der Waals surface area contributed by atoms with Gasteiger partial charge in [0.2, 0.25) is 0 Å². The number of nitrogens with zero attached hydrogens (tertiary/aromatic N) is 5. The van der Waals surface area contributed by atoms with Crippen LogP contribution in [0.1, 0.15) is 52.4 Å². The molecule has 0 radical (unpaired) electrons. The van der Waals surface area contributed by atoms with Gasteiger partial charge in [-0.25, -0.2) is 19.3 Å². The van der Waals surface area contributed by atoms with E-state index >= 15 is 0 Å². The molecule has 2 aliphatic rings. The summed E-state index contributed by atoms with van der Waals surface area (Å²) < 4.78 is 19.6. The van der Waals surface area contributed by atoms with Crippen LogP contribution in [0.5, 0.6) is 5.75 Å². The Balaban J connectivity index is 1.36. The quantitative estimate of drug-likeness (QED) is 0.538. The molecule has 0 bridgehead atoms. The third-order valence-electron chi connectivity index (χ3n) is 7.61. The van der Waals surface area contributed by atoms with E-state index in [1.165, 1.54) is 12.1 Å². The Labute approximate surface area is 227 Å². The van der Waals surface area contributed by atoms with E-state index in [-0.39, 0.29) is 22.9 Å². The van der Waals surface area contributed by atoms with Crippen LogP contribution >= 0.6 is 0 Å². The molecule has 1 saturated heterocycles. The van der Waals surface area contributed by atoms with Crippen molar-refractivity contribution in [2.24, 2.45) is 5.41 Å². The highest BCUT2D eigenvalue weighted by atomic mass is 19.1. The normalized spacial score (nSPS) is 18.2. The number of nitrogens with one attached hydrogen (secondary N) is 1. The number of likely N-dealkylation sites (tertiary alicyclic amines) is 1. The van der Waals surface area contributed by atoms with Gasteiger partial charge < -0.3 is 19.9 Å². The standard InChI is InChI=1S/C29H33FN6O3/c1-21-31-13-9-26(34-21)35-15-4-10-29(20-39-25-6-3-2-5-23(25)27(37)32-14-18-35)11-16-36(17-12-29)28(38)24-8-7-22(30)19-33-24/h2-3,5-9,13,19H,4,10-12,14-18,20H2,1H3,(H,32,37). The van der Waals surface area contributed by atoms with Crippen molar-refractivity contribution in [3.8, 4) is 5.75 Å². The lowest BCUT2D eigenvalue weighted by atomic mass is 9.75. The minimum absolute atomic E-state index is 0.169. The monoisotopic (exact) mass is 532 g/mol. The van der Waals surface area contributed by atoms with Gasteiger partial charge in [0, 0.05) is 44.3 Å². The van der Waals surface area contributed by atoms with Gasteiger partial charge in [-0.05, 0) is 62.9 Å². The van der Waals surface area contributed by atoms with Crippen molar-refractivity contribution >= 4 is 17.6 Å². The zero-order valence-electron chi connectivity index (χ0n) is 22.1. The summed E-state index contributed by atoms with van der Waals surface area (Å²) in [5.74, 6) is 1.26. The smallest absolute Gasteiger partial charge is 0.272 e. The third kappa shape index (κ3) is 6.32. The van der Waals surface area contributed by atoms with E-state index in [2.05, 4.69) is 25.2 Å². The van der Waals surface area contributed by atoms with Gasteiger partial charge in [-0.1, -0.05) is 12.1 Å². The van der Waals surface area contributed by atoms with Crippen LogP contribution < -0.4 is 15.0 Å². The highest BCUT2D eigenvalue weighted by molar-refractivity contribution is 5.97. The van der Waals surface area contributed by atoms with Gasteiger partial charge in [0.1, 0.15) is 28.9 Å². The van der Waals surface area contributed by atoms with Gasteiger partial charge in [0.05, 0.1) is 18.4 Å². The van der Waals surface area contributed by atoms with Crippen molar-refractivity contribution in [2.75, 3.05) is 44.2 Å². The third-order valence-corrected chi connectivity index (χ3v) is 7.61. The number of carbonyl (C=O) groups is 2. The molecule has 39 heavy (non-hydrogen) atoms. The van der Waals surface area contributed by atoms with Crippen LogP contribution in [0.25, 0.3) is 0 Å². The second kappa shape index (κ2) is 11.8. The van der Waals surface area contributed by atoms with Crippen LogP contribution in [-0.2, 0) is 0 Å². The molecule has 0 unspecified atom stereocenters. The number of pyridine rings is 1. The number of amides is 2. The van der Waals surface area contributed by atoms with Crippen LogP contribution in [0.4, 0.5) is 10.2 Å². The molecular formula is C29H33FN6O3. The van der Waals surface area contributed by atoms with E-state index in [1.54, 1.807) is 17.2 Å².